The Bertz CT molecular complexity index is 835. The average Bonchev–Trinajstić information content (AvgIpc) is 3.04. The van der Waals surface area contributed by atoms with Crippen molar-refractivity contribution < 1.29 is 18.0 Å². The van der Waals surface area contributed by atoms with Crippen LogP contribution in [0.2, 0.25) is 0 Å². The first-order valence-electron chi connectivity index (χ1n) is 8.44. The van der Waals surface area contributed by atoms with Gasteiger partial charge in [-0.3, -0.25) is 4.84 Å². The minimum atomic E-state index is -3.56. The van der Waals surface area contributed by atoms with Gasteiger partial charge in [-0.05, 0) is 30.2 Å². The molecular formula is C19H24N2O4S. The van der Waals surface area contributed by atoms with Crippen LogP contribution >= 0.6 is 0 Å². The molecule has 140 valence electrons. The van der Waals surface area contributed by atoms with Crippen LogP contribution in [-0.4, -0.2) is 39.5 Å². The number of hydrogen-bond donors (Lipinski definition) is 1. The van der Waals surface area contributed by atoms with E-state index in [1.165, 1.54) is 0 Å². The van der Waals surface area contributed by atoms with Crippen molar-refractivity contribution in [2.24, 2.45) is 0 Å². The summed E-state index contributed by atoms with van der Waals surface area (Å²) in [5.41, 5.74) is 2.94. The first kappa shape index (κ1) is 18.8. The lowest BCUT2D eigenvalue weighted by Gasteiger charge is -2.23. The standard InChI is InChI=1S/C19H24N2O4S/c1-14-4-6-15(7-5-14)12-20-26(22,23)18-13-25-21(2)19(18)16-8-10-17(24-3)11-9-16/h4-11,18-20H,12-13H2,1-3H3/t18-,19+/m1/s1. The summed E-state index contributed by atoms with van der Waals surface area (Å²) in [4.78, 5) is 5.53. The molecule has 0 radical (unpaired) electrons. The third-order valence-corrected chi connectivity index (χ3v) is 6.38. The zero-order valence-electron chi connectivity index (χ0n) is 15.2. The van der Waals surface area contributed by atoms with Crippen LogP contribution in [0.25, 0.3) is 0 Å². The van der Waals surface area contributed by atoms with Crippen LogP contribution in [0.1, 0.15) is 22.7 Å². The van der Waals surface area contributed by atoms with E-state index in [4.69, 9.17) is 9.57 Å². The van der Waals surface area contributed by atoms with E-state index in [-0.39, 0.29) is 19.2 Å². The summed E-state index contributed by atoms with van der Waals surface area (Å²) in [7, 11) is -0.209. The topological polar surface area (TPSA) is 67.9 Å². The van der Waals surface area contributed by atoms with E-state index in [2.05, 4.69) is 4.72 Å². The highest BCUT2D eigenvalue weighted by Gasteiger charge is 2.43. The smallest absolute Gasteiger partial charge is 0.219 e. The molecule has 1 saturated heterocycles. The molecule has 0 amide bonds. The summed E-state index contributed by atoms with van der Waals surface area (Å²) < 4.78 is 33.7. The van der Waals surface area contributed by atoms with Gasteiger partial charge in [0, 0.05) is 13.6 Å². The summed E-state index contributed by atoms with van der Waals surface area (Å²) in [6.07, 6.45) is 0. The Hall–Kier alpha value is -1.93. The van der Waals surface area contributed by atoms with Crippen molar-refractivity contribution in [3.8, 4) is 5.75 Å². The van der Waals surface area contributed by atoms with Crippen LogP contribution < -0.4 is 9.46 Å². The minimum absolute atomic E-state index is 0.121. The van der Waals surface area contributed by atoms with Crippen LogP contribution in [-0.2, 0) is 21.4 Å². The van der Waals surface area contributed by atoms with Gasteiger partial charge in [0.15, 0.2) is 0 Å². The van der Waals surface area contributed by atoms with Crippen LogP contribution in [0.3, 0.4) is 0 Å². The normalized spacial score (nSPS) is 21.0. The van der Waals surface area contributed by atoms with Crippen molar-refractivity contribution in [2.75, 3.05) is 20.8 Å². The van der Waals surface area contributed by atoms with Gasteiger partial charge < -0.3 is 4.74 Å². The predicted molar refractivity (Wildman–Crippen MR) is 100 cm³/mol. The molecule has 0 unspecified atom stereocenters. The lowest BCUT2D eigenvalue weighted by molar-refractivity contribution is -0.110. The van der Waals surface area contributed by atoms with Gasteiger partial charge in [0.25, 0.3) is 0 Å². The monoisotopic (exact) mass is 376 g/mol. The van der Waals surface area contributed by atoms with Gasteiger partial charge in [-0.15, -0.1) is 0 Å². The molecular weight excluding hydrogens is 352 g/mol. The minimum Gasteiger partial charge on any atom is -0.497 e. The summed E-state index contributed by atoms with van der Waals surface area (Å²) in [5.74, 6) is 0.729. The molecule has 2 aromatic rings. The molecule has 3 rings (SSSR count). The number of hydrogen-bond acceptors (Lipinski definition) is 5. The van der Waals surface area contributed by atoms with Gasteiger partial charge in [-0.25, -0.2) is 13.1 Å². The second-order valence-corrected chi connectivity index (χ2v) is 8.43. The first-order valence-corrected chi connectivity index (χ1v) is 9.99. The molecule has 6 nitrogen and oxygen atoms in total. The fourth-order valence-electron chi connectivity index (χ4n) is 3.08. The number of nitrogens with zero attached hydrogens (tertiary/aromatic N) is 1. The number of ether oxygens (including phenoxy) is 1. The molecule has 1 heterocycles. The van der Waals surface area contributed by atoms with Crippen molar-refractivity contribution in [3.05, 3.63) is 65.2 Å². The predicted octanol–water partition coefficient (Wildman–Crippen LogP) is 2.41. The van der Waals surface area contributed by atoms with Gasteiger partial charge >= 0.3 is 0 Å². The SMILES string of the molecule is COc1ccc([C@H]2[C@H](S(=O)(=O)NCc3ccc(C)cc3)CON2C)cc1. The van der Waals surface area contributed by atoms with Crippen LogP contribution in [0.4, 0.5) is 0 Å². The van der Waals surface area contributed by atoms with E-state index >= 15 is 0 Å². The van der Waals surface area contributed by atoms with E-state index in [0.717, 1.165) is 22.4 Å². The van der Waals surface area contributed by atoms with Crippen LogP contribution in [0, 0.1) is 6.92 Å². The second-order valence-electron chi connectivity index (χ2n) is 6.45. The molecule has 2 aromatic carbocycles. The molecule has 2 atom stereocenters. The number of rotatable bonds is 6. The van der Waals surface area contributed by atoms with Gasteiger partial charge in [0.1, 0.15) is 11.0 Å². The van der Waals surface area contributed by atoms with Gasteiger partial charge in [0.05, 0.1) is 19.8 Å². The maximum atomic E-state index is 12.9. The summed E-state index contributed by atoms with van der Waals surface area (Å²) >= 11 is 0. The molecule has 0 spiro atoms. The Balaban J connectivity index is 1.77. The maximum Gasteiger partial charge on any atom is 0.219 e. The largest absolute Gasteiger partial charge is 0.497 e. The zero-order valence-corrected chi connectivity index (χ0v) is 16.0. The molecule has 1 aliphatic heterocycles. The van der Waals surface area contributed by atoms with Crippen molar-refractivity contribution in [3.63, 3.8) is 0 Å². The Morgan fingerprint density at radius 3 is 2.42 bits per heavy atom. The highest BCUT2D eigenvalue weighted by Crippen LogP contribution is 2.34. The van der Waals surface area contributed by atoms with E-state index in [1.54, 1.807) is 19.2 Å². The summed E-state index contributed by atoms with van der Waals surface area (Å²) in [6, 6.07) is 14.8. The lowest BCUT2D eigenvalue weighted by atomic mass is 10.0. The Morgan fingerprint density at radius 2 is 1.81 bits per heavy atom. The number of aryl methyl sites for hydroxylation is 1. The van der Waals surface area contributed by atoms with E-state index in [0.29, 0.717) is 0 Å². The molecule has 1 fully saturated rings. The second kappa shape index (κ2) is 7.75. The fraction of sp³-hybridized carbons (Fsp3) is 0.368. The Morgan fingerprint density at radius 1 is 1.15 bits per heavy atom. The highest BCUT2D eigenvalue weighted by molar-refractivity contribution is 7.90. The van der Waals surface area contributed by atoms with Crippen molar-refractivity contribution >= 4 is 10.0 Å². The van der Waals surface area contributed by atoms with E-state index in [1.807, 2.05) is 55.5 Å². The van der Waals surface area contributed by atoms with Crippen LogP contribution in [0.5, 0.6) is 5.75 Å². The van der Waals surface area contributed by atoms with Gasteiger partial charge in [-0.1, -0.05) is 42.0 Å². The van der Waals surface area contributed by atoms with Crippen molar-refractivity contribution in [2.45, 2.75) is 24.8 Å². The summed E-state index contributed by atoms with van der Waals surface area (Å²) in [6.45, 7) is 2.38. The number of sulfonamides is 1. The molecule has 0 saturated carbocycles. The first-order chi connectivity index (χ1) is 12.4. The maximum absolute atomic E-state index is 12.9. The number of hydroxylamine groups is 2. The summed E-state index contributed by atoms with van der Waals surface area (Å²) in [5, 5.41) is 0.920. The Kier molecular flexibility index (Phi) is 5.62. The number of benzene rings is 2. The molecule has 0 bridgehead atoms. The van der Waals surface area contributed by atoms with Gasteiger partial charge in [0.2, 0.25) is 10.0 Å². The lowest BCUT2D eigenvalue weighted by Crippen LogP contribution is -2.39. The third kappa shape index (κ3) is 4.07. The molecule has 26 heavy (non-hydrogen) atoms. The van der Waals surface area contributed by atoms with E-state index in [9.17, 15) is 8.42 Å². The van der Waals surface area contributed by atoms with Crippen LogP contribution in [0.15, 0.2) is 48.5 Å². The highest BCUT2D eigenvalue weighted by atomic mass is 32.2. The average molecular weight is 376 g/mol. The fourth-order valence-corrected chi connectivity index (χ4v) is 4.57. The van der Waals surface area contributed by atoms with E-state index < -0.39 is 15.3 Å². The van der Waals surface area contributed by atoms with Crippen molar-refractivity contribution in [1.82, 2.24) is 9.79 Å². The number of methoxy groups -OCH3 is 1. The van der Waals surface area contributed by atoms with Crippen molar-refractivity contribution in [1.29, 1.82) is 0 Å². The third-order valence-electron chi connectivity index (χ3n) is 4.64. The zero-order chi connectivity index (χ0) is 18.7. The molecule has 7 heteroatoms. The molecule has 1 N–H and O–H groups in total. The Labute approximate surface area is 154 Å². The van der Waals surface area contributed by atoms with Gasteiger partial charge in [-0.2, -0.15) is 5.06 Å². The molecule has 1 aliphatic rings. The molecule has 0 aromatic heterocycles. The molecule has 0 aliphatic carbocycles. The quantitative estimate of drug-likeness (QED) is 0.839. The number of nitrogens with one attached hydrogen (secondary N) is 1.